The maximum atomic E-state index is 13.1. The van der Waals surface area contributed by atoms with Crippen molar-refractivity contribution in [3.05, 3.63) is 89.0 Å². The number of aryl methyl sites for hydroxylation is 1. The molecular weight excluding hydrogens is 464 g/mol. The number of carbonyl (C=O) groups is 1. The fourth-order valence-corrected chi connectivity index (χ4v) is 5.71. The molecule has 3 aromatic rings. The van der Waals surface area contributed by atoms with E-state index in [1.54, 1.807) is 0 Å². The number of anilines is 1. The van der Waals surface area contributed by atoms with E-state index < -0.39 is 0 Å². The Morgan fingerprint density at radius 2 is 1.72 bits per heavy atom. The summed E-state index contributed by atoms with van der Waals surface area (Å²) in [6.45, 7) is 5.74. The van der Waals surface area contributed by atoms with E-state index in [1.807, 2.05) is 23.9 Å². The van der Waals surface area contributed by atoms with Crippen LogP contribution in [0.1, 0.15) is 36.0 Å². The standard InChI is InChI=1S/C31H34N2O2S/c1-22-2-6-25(7-3-22)26-8-11-30-28(18-26)19-27(14-17-36-30)31(34)33-29-9-4-23(5-10-29)20-32-21-24-12-15-35-16-13-24/h2-11,18-19,24,32H,12-17,20-21H2,1H3,(H,33,34). The van der Waals surface area contributed by atoms with Gasteiger partial charge in [-0.2, -0.15) is 0 Å². The molecule has 3 aromatic carbocycles. The Labute approximate surface area is 218 Å². The molecule has 36 heavy (non-hydrogen) atoms. The SMILES string of the molecule is Cc1ccc(-c2ccc3c(c2)C=C(C(=O)Nc2ccc(CNCC4CCOCC4)cc2)CCS3)cc1. The van der Waals surface area contributed by atoms with Gasteiger partial charge < -0.3 is 15.4 Å². The van der Waals surface area contributed by atoms with Gasteiger partial charge in [0.1, 0.15) is 0 Å². The summed E-state index contributed by atoms with van der Waals surface area (Å²) in [5.74, 6) is 1.59. The molecule has 1 saturated heterocycles. The van der Waals surface area contributed by atoms with E-state index >= 15 is 0 Å². The van der Waals surface area contributed by atoms with E-state index in [0.29, 0.717) is 5.92 Å². The minimum atomic E-state index is -0.0189. The van der Waals surface area contributed by atoms with Crippen LogP contribution in [-0.2, 0) is 16.1 Å². The molecule has 186 valence electrons. The summed E-state index contributed by atoms with van der Waals surface area (Å²) in [7, 11) is 0. The van der Waals surface area contributed by atoms with E-state index in [-0.39, 0.29) is 5.91 Å². The lowest BCUT2D eigenvalue weighted by molar-refractivity contribution is -0.112. The number of carbonyl (C=O) groups excluding carboxylic acids is 1. The number of benzene rings is 3. The van der Waals surface area contributed by atoms with Crippen LogP contribution >= 0.6 is 11.8 Å². The smallest absolute Gasteiger partial charge is 0.251 e. The average Bonchev–Trinajstić information content (AvgIpc) is 3.13. The maximum Gasteiger partial charge on any atom is 0.251 e. The predicted octanol–water partition coefficient (Wildman–Crippen LogP) is 6.70. The normalized spacial score (nSPS) is 16.1. The van der Waals surface area contributed by atoms with Crippen molar-refractivity contribution in [2.75, 3.05) is 30.8 Å². The van der Waals surface area contributed by atoms with Crippen molar-refractivity contribution in [2.24, 2.45) is 5.92 Å². The Hall–Kier alpha value is -2.86. The zero-order valence-electron chi connectivity index (χ0n) is 20.9. The van der Waals surface area contributed by atoms with Crippen molar-refractivity contribution < 1.29 is 9.53 Å². The van der Waals surface area contributed by atoms with Gasteiger partial charge in [-0.05, 0) is 91.2 Å². The Bertz CT molecular complexity index is 1210. The van der Waals surface area contributed by atoms with E-state index in [0.717, 1.165) is 68.1 Å². The molecule has 0 spiro atoms. The first-order chi connectivity index (χ1) is 17.6. The van der Waals surface area contributed by atoms with Crippen molar-refractivity contribution in [2.45, 2.75) is 37.6 Å². The van der Waals surface area contributed by atoms with Gasteiger partial charge in [-0.1, -0.05) is 48.0 Å². The van der Waals surface area contributed by atoms with Gasteiger partial charge in [-0.25, -0.2) is 0 Å². The zero-order valence-corrected chi connectivity index (χ0v) is 21.7. The summed E-state index contributed by atoms with van der Waals surface area (Å²) < 4.78 is 5.44. The Balaban J connectivity index is 1.22. The quantitative estimate of drug-likeness (QED) is 0.381. The van der Waals surface area contributed by atoms with Crippen molar-refractivity contribution in [3.8, 4) is 11.1 Å². The molecule has 1 fully saturated rings. The fourth-order valence-electron chi connectivity index (χ4n) is 4.72. The van der Waals surface area contributed by atoms with Gasteiger partial charge in [-0.15, -0.1) is 11.8 Å². The van der Waals surface area contributed by atoms with E-state index in [1.165, 1.54) is 27.1 Å². The van der Waals surface area contributed by atoms with E-state index in [2.05, 4.69) is 78.2 Å². The van der Waals surface area contributed by atoms with Crippen LogP contribution in [0, 0.1) is 12.8 Å². The molecule has 0 aromatic heterocycles. The van der Waals surface area contributed by atoms with Crippen molar-refractivity contribution in [3.63, 3.8) is 0 Å². The summed E-state index contributed by atoms with van der Waals surface area (Å²) in [4.78, 5) is 14.4. The highest BCUT2D eigenvalue weighted by molar-refractivity contribution is 7.99. The third-order valence-corrected chi connectivity index (χ3v) is 8.05. The Morgan fingerprint density at radius 3 is 2.50 bits per heavy atom. The lowest BCUT2D eigenvalue weighted by atomic mass is 10.0. The highest BCUT2D eigenvalue weighted by Gasteiger charge is 2.16. The Kier molecular flexibility index (Phi) is 8.22. The number of fused-ring (bicyclic) bond motifs is 1. The van der Waals surface area contributed by atoms with Crippen molar-refractivity contribution >= 4 is 29.4 Å². The Morgan fingerprint density at radius 1 is 0.972 bits per heavy atom. The topological polar surface area (TPSA) is 50.4 Å². The lowest BCUT2D eigenvalue weighted by Crippen LogP contribution is -2.27. The van der Waals surface area contributed by atoms with Gasteiger partial charge in [0.15, 0.2) is 0 Å². The molecule has 0 unspecified atom stereocenters. The van der Waals surface area contributed by atoms with Gasteiger partial charge in [-0.3, -0.25) is 4.79 Å². The molecule has 0 saturated carbocycles. The highest BCUT2D eigenvalue weighted by atomic mass is 32.2. The van der Waals surface area contributed by atoms with Gasteiger partial charge >= 0.3 is 0 Å². The van der Waals surface area contributed by atoms with E-state index in [9.17, 15) is 4.79 Å². The minimum Gasteiger partial charge on any atom is -0.381 e. The second kappa shape index (κ2) is 11.9. The molecule has 1 amide bonds. The number of nitrogens with one attached hydrogen (secondary N) is 2. The summed E-state index contributed by atoms with van der Waals surface area (Å²) >= 11 is 1.82. The molecule has 0 atom stereocenters. The van der Waals surface area contributed by atoms with Crippen molar-refractivity contribution in [1.29, 1.82) is 0 Å². The molecule has 0 bridgehead atoms. The third kappa shape index (κ3) is 6.47. The minimum absolute atomic E-state index is 0.0189. The van der Waals surface area contributed by atoms with Crippen LogP contribution in [0.3, 0.4) is 0 Å². The van der Waals surface area contributed by atoms with Crippen LogP contribution in [0.5, 0.6) is 0 Å². The number of rotatable bonds is 7. The van der Waals surface area contributed by atoms with Gasteiger partial charge in [0.25, 0.3) is 5.91 Å². The van der Waals surface area contributed by atoms with Gasteiger partial charge in [0.05, 0.1) is 0 Å². The predicted molar refractivity (Wildman–Crippen MR) is 150 cm³/mol. The molecule has 0 radical (unpaired) electrons. The average molecular weight is 499 g/mol. The van der Waals surface area contributed by atoms with E-state index in [4.69, 9.17) is 4.74 Å². The van der Waals surface area contributed by atoms with Crippen LogP contribution in [-0.4, -0.2) is 31.4 Å². The zero-order chi connectivity index (χ0) is 24.7. The number of amides is 1. The third-order valence-electron chi connectivity index (χ3n) is 6.96. The summed E-state index contributed by atoms with van der Waals surface area (Å²) in [6, 6.07) is 23.3. The summed E-state index contributed by atoms with van der Waals surface area (Å²) in [6.07, 6.45) is 5.10. The first-order valence-electron chi connectivity index (χ1n) is 12.9. The molecule has 0 aliphatic carbocycles. The molecule has 2 N–H and O–H groups in total. The number of hydrogen-bond acceptors (Lipinski definition) is 4. The van der Waals surface area contributed by atoms with Gasteiger partial charge in [0, 0.05) is 41.7 Å². The lowest BCUT2D eigenvalue weighted by Gasteiger charge is -2.22. The van der Waals surface area contributed by atoms with Gasteiger partial charge in [0.2, 0.25) is 0 Å². The van der Waals surface area contributed by atoms with Crippen LogP contribution in [0.25, 0.3) is 17.2 Å². The second-order valence-corrected chi connectivity index (χ2v) is 10.9. The molecule has 2 aliphatic rings. The molecule has 4 nitrogen and oxygen atoms in total. The van der Waals surface area contributed by atoms with Crippen LogP contribution < -0.4 is 10.6 Å². The van der Waals surface area contributed by atoms with Crippen LogP contribution in [0.15, 0.2) is 77.2 Å². The first kappa shape index (κ1) is 24.8. The molecule has 2 heterocycles. The molecule has 2 aliphatic heterocycles. The summed E-state index contributed by atoms with van der Waals surface area (Å²) in [5.41, 5.74) is 7.62. The monoisotopic (exact) mass is 498 g/mol. The number of ether oxygens (including phenoxy) is 1. The molecule has 5 rings (SSSR count). The number of thioether (sulfide) groups is 1. The van der Waals surface area contributed by atoms with Crippen LogP contribution in [0.2, 0.25) is 0 Å². The second-order valence-electron chi connectivity index (χ2n) is 9.72. The molecular formula is C31H34N2O2S. The molecule has 5 heteroatoms. The van der Waals surface area contributed by atoms with Crippen LogP contribution in [0.4, 0.5) is 5.69 Å². The largest absolute Gasteiger partial charge is 0.381 e. The number of hydrogen-bond donors (Lipinski definition) is 2. The first-order valence-corrected chi connectivity index (χ1v) is 13.9. The highest BCUT2D eigenvalue weighted by Crippen LogP contribution is 2.34. The summed E-state index contributed by atoms with van der Waals surface area (Å²) in [5, 5.41) is 6.67. The fraction of sp³-hybridized carbons (Fsp3) is 0.323. The van der Waals surface area contributed by atoms with Crippen molar-refractivity contribution in [1.82, 2.24) is 5.32 Å². The maximum absolute atomic E-state index is 13.1.